The Labute approximate surface area is 131 Å². The second-order valence-electron chi connectivity index (χ2n) is 6.56. The molecule has 0 bridgehead atoms. The molecule has 0 saturated carbocycles. The topological polar surface area (TPSA) is 55.4 Å². The van der Waals surface area contributed by atoms with Crippen LogP contribution in [-0.4, -0.2) is 24.9 Å². The van der Waals surface area contributed by atoms with Crippen molar-refractivity contribution < 1.29 is 14.3 Å². The summed E-state index contributed by atoms with van der Waals surface area (Å²) in [5.41, 5.74) is 1.78. The maximum atomic E-state index is 12.0. The van der Waals surface area contributed by atoms with Crippen LogP contribution in [-0.2, 0) is 20.7 Å². The molecule has 118 valence electrons. The number of hydrogen-bond donors (Lipinski definition) is 1. The first-order valence-corrected chi connectivity index (χ1v) is 7.51. The van der Waals surface area contributed by atoms with Gasteiger partial charge in [0.1, 0.15) is 6.04 Å². The molecule has 0 amide bonds. The van der Waals surface area contributed by atoms with Gasteiger partial charge in [0.2, 0.25) is 0 Å². The van der Waals surface area contributed by atoms with Crippen molar-refractivity contribution in [1.82, 2.24) is 5.32 Å². The molecule has 1 aliphatic rings. The molecule has 1 aromatic rings. The number of ketones is 1. The van der Waals surface area contributed by atoms with Crippen LogP contribution in [0.3, 0.4) is 0 Å². The summed E-state index contributed by atoms with van der Waals surface area (Å²) in [5, 5.41) is 3.21. The smallest absolute Gasteiger partial charge is 0.328 e. The zero-order valence-electron chi connectivity index (χ0n) is 13.4. The summed E-state index contributed by atoms with van der Waals surface area (Å²) in [5.74, 6) is -0.220. The molecule has 4 heteroatoms. The van der Waals surface area contributed by atoms with Crippen LogP contribution >= 0.6 is 0 Å². The third-order valence-electron chi connectivity index (χ3n) is 3.78. The molecular formula is C18H23NO3. The Morgan fingerprint density at radius 1 is 1.27 bits per heavy atom. The second-order valence-corrected chi connectivity index (χ2v) is 6.56. The van der Waals surface area contributed by atoms with Gasteiger partial charge in [-0.05, 0) is 17.4 Å². The average molecular weight is 301 g/mol. The minimum Gasteiger partial charge on any atom is -0.467 e. The summed E-state index contributed by atoms with van der Waals surface area (Å²) in [7, 11) is 1.38. The van der Waals surface area contributed by atoms with Gasteiger partial charge in [-0.15, -0.1) is 0 Å². The van der Waals surface area contributed by atoms with Gasteiger partial charge in [0.15, 0.2) is 5.78 Å². The highest BCUT2D eigenvalue weighted by Gasteiger charge is 2.30. The van der Waals surface area contributed by atoms with Crippen LogP contribution in [0.25, 0.3) is 0 Å². The highest BCUT2D eigenvalue weighted by atomic mass is 16.5. The van der Waals surface area contributed by atoms with Crippen LogP contribution in [0.2, 0.25) is 0 Å². The summed E-state index contributed by atoms with van der Waals surface area (Å²) in [4.78, 5) is 23.9. The fourth-order valence-corrected chi connectivity index (χ4v) is 2.85. The van der Waals surface area contributed by atoms with E-state index in [2.05, 4.69) is 19.2 Å². The van der Waals surface area contributed by atoms with Gasteiger partial charge in [-0.2, -0.15) is 0 Å². The maximum Gasteiger partial charge on any atom is 0.328 e. The van der Waals surface area contributed by atoms with Crippen molar-refractivity contribution in [3.63, 3.8) is 0 Å². The van der Waals surface area contributed by atoms with Crippen molar-refractivity contribution in [2.24, 2.45) is 5.41 Å². The lowest BCUT2D eigenvalue weighted by molar-refractivity contribution is -0.143. The van der Waals surface area contributed by atoms with E-state index in [0.717, 1.165) is 17.7 Å². The van der Waals surface area contributed by atoms with E-state index in [1.54, 1.807) is 6.08 Å². The number of benzene rings is 1. The maximum absolute atomic E-state index is 12.0. The van der Waals surface area contributed by atoms with E-state index in [-0.39, 0.29) is 17.2 Å². The SMILES string of the molecule is COC(=O)[C@H](Cc1ccccc1)NC1=CC(=O)CC(C)(C)C1. The Morgan fingerprint density at radius 3 is 2.55 bits per heavy atom. The zero-order chi connectivity index (χ0) is 16.2. The van der Waals surface area contributed by atoms with E-state index in [1.807, 2.05) is 30.3 Å². The number of hydrogen-bond acceptors (Lipinski definition) is 4. The highest BCUT2D eigenvalue weighted by molar-refractivity contribution is 5.92. The fourth-order valence-electron chi connectivity index (χ4n) is 2.85. The van der Waals surface area contributed by atoms with Crippen molar-refractivity contribution in [3.8, 4) is 0 Å². The van der Waals surface area contributed by atoms with Crippen LogP contribution in [0.1, 0.15) is 32.3 Å². The van der Waals surface area contributed by atoms with Crippen molar-refractivity contribution in [2.45, 2.75) is 39.2 Å². The standard InChI is InChI=1S/C18H23NO3/c1-18(2)11-14(10-15(20)12-18)19-16(17(21)22-3)9-13-7-5-4-6-8-13/h4-8,10,16,19H,9,11-12H2,1-3H3/t16-/m0/s1. The summed E-state index contributed by atoms with van der Waals surface area (Å²) in [6.45, 7) is 4.12. The van der Waals surface area contributed by atoms with Crippen molar-refractivity contribution in [2.75, 3.05) is 7.11 Å². The van der Waals surface area contributed by atoms with Gasteiger partial charge in [-0.3, -0.25) is 4.79 Å². The molecule has 0 aliphatic heterocycles. The molecular weight excluding hydrogens is 278 g/mol. The molecule has 0 heterocycles. The lowest BCUT2D eigenvalue weighted by Crippen LogP contribution is -2.41. The number of carbonyl (C=O) groups excluding carboxylic acids is 2. The van der Waals surface area contributed by atoms with E-state index in [0.29, 0.717) is 12.8 Å². The van der Waals surface area contributed by atoms with Gasteiger partial charge in [-0.1, -0.05) is 44.2 Å². The third-order valence-corrected chi connectivity index (χ3v) is 3.78. The van der Waals surface area contributed by atoms with Crippen LogP contribution < -0.4 is 5.32 Å². The quantitative estimate of drug-likeness (QED) is 0.850. The Morgan fingerprint density at radius 2 is 1.95 bits per heavy atom. The van der Waals surface area contributed by atoms with Gasteiger partial charge >= 0.3 is 5.97 Å². The first-order chi connectivity index (χ1) is 10.4. The molecule has 1 atom stereocenters. The molecule has 0 aromatic heterocycles. The van der Waals surface area contributed by atoms with Gasteiger partial charge < -0.3 is 10.1 Å². The molecule has 1 N–H and O–H groups in total. The van der Waals surface area contributed by atoms with Gasteiger partial charge in [0, 0.05) is 24.6 Å². The lowest BCUT2D eigenvalue weighted by Gasteiger charge is -2.31. The molecule has 0 saturated heterocycles. The second kappa shape index (κ2) is 6.77. The lowest BCUT2D eigenvalue weighted by atomic mass is 9.78. The number of rotatable bonds is 5. The molecule has 0 spiro atoms. The first kappa shape index (κ1) is 16.3. The van der Waals surface area contributed by atoms with Crippen LogP contribution in [0, 0.1) is 5.41 Å². The molecule has 0 fully saturated rings. The first-order valence-electron chi connectivity index (χ1n) is 7.51. The normalized spacial score (nSPS) is 18.3. The summed E-state index contributed by atoms with van der Waals surface area (Å²) < 4.78 is 4.89. The third kappa shape index (κ3) is 4.45. The van der Waals surface area contributed by atoms with Gasteiger partial charge in [0.25, 0.3) is 0 Å². The van der Waals surface area contributed by atoms with Crippen LogP contribution in [0.15, 0.2) is 42.1 Å². The number of methoxy groups -OCH3 is 1. The minimum absolute atomic E-state index is 0.0818. The molecule has 1 aliphatic carbocycles. The Balaban J connectivity index is 2.13. The average Bonchev–Trinajstić information content (AvgIpc) is 2.44. The van der Waals surface area contributed by atoms with Gasteiger partial charge in [-0.25, -0.2) is 4.79 Å². The van der Waals surface area contributed by atoms with Crippen molar-refractivity contribution >= 4 is 11.8 Å². The number of allylic oxidation sites excluding steroid dienone is 2. The zero-order valence-corrected chi connectivity index (χ0v) is 13.4. The fraction of sp³-hybridized carbons (Fsp3) is 0.444. The Bertz CT molecular complexity index is 575. The predicted molar refractivity (Wildman–Crippen MR) is 85.2 cm³/mol. The molecule has 22 heavy (non-hydrogen) atoms. The summed E-state index contributed by atoms with van der Waals surface area (Å²) >= 11 is 0. The number of carbonyl (C=O) groups is 2. The number of nitrogens with one attached hydrogen (secondary N) is 1. The van der Waals surface area contributed by atoms with E-state index >= 15 is 0 Å². The number of esters is 1. The van der Waals surface area contributed by atoms with Crippen molar-refractivity contribution in [1.29, 1.82) is 0 Å². The van der Waals surface area contributed by atoms with E-state index < -0.39 is 6.04 Å². The Hall–Kier alpha value is -2.10. The van der Waals surface area contributed by atoms with E-state index in [9.17, 15) is 9.59 Å². The molecule has 1 aromatic carbocycles. The highest BCUT2D eigenvalue weighted by Crippen LogP contribution is 2.32. The van der Waals surface area contributed by atoms with E-state index in [4.69, 9.17) is 4.74 Å². The molecule has 0 radical (unpaired) electrons. The molecule has 0 unspecified atom stereocenters. The minimum atomic E-state index is -0.486. The summed E-state index contributed by atoms with van der Waals surface area (Å²) in [6.07, 6.45) is 3.44. The van der Waals surface area contributed by atoms with Crippen molar-refractivity contribution in [3.05, 3.63) is 47.7 Å². The largest absolute Gasteiger partial charge is 0.467 e. The monoisotopic (exact) mass is 301 g/mol. The van der Waals surface area contributed by atoms with E-state index in [1.165, 1.54) is 7.11 Å². The number of ether oxygens (including phenoxy) is 1. The predicted octanol–water partition coefficient (Wildman–Crippen LogP) is 2.63. The molecule has 2 rings (SSSR count). The summed E-state index contributed by atoms with van der Waals surface area (Å²) in [6, 6.07) is 9.28. The van der Waals surface area contributed by atoms with Crippen LogP contribution in [0.5, 0.6) is 0 Å². The van der Waals surface area contributed by atoms with Crippen LogP contribution in [0.4, 0.5) is 0 Å². The van der Waals surface area contributed by atoms with Gasteiger partial charge in [0.05, 0.1) is 7.11 Å². The Kier molecular flexibility index (Phi) is 5.01. The molecule has 4 nitrogen and oxygen atoms in total.